The van der Waals surface area contributed by atoms with E-state index < -0.39 is 10.0 Å². The number of thiophene rings is 1. The van der Waals surface area contributed by atoms with Gasteiger partial charge >= 0.3 is 5.56 Å². The average Bonchev–Trinajstić information content (AvgIpc) is 3.60. The van der Waals surface area contributed by atoms with Gasteiger partial charge in [-0.25, -0.2) is 8.42 Å². The van der Waals surface area contributed by atoms with Crippen LogP contribution in [0.1, 0.15) is 11.1 Å². The van der Waals surface area contributed by atoms with Gasteiger partial charge < -0.3 is 9.64 Å². The number of benzene rings is 2. The molecule has 2 aromatic carbocycles. The number of hydrogen-bond acceptors (Lipinski definition) is 7. The SMILES string of the molecule is O=c1c(OC2Cc3ccccc3C2)c(N2CCN(S(=O)(=O)c3cccs3)CC2)cnn1-c1cccc(Cl)c1. The molecule has 0 spiro atoms. The van der Waals surface area contributed by atoms with E-state index in [0.717, 1.165) is 0 Å². The minimum absolute atomic E-state index is 0.186. The van der Waals surface area contributed by atoms with Gasteiger partial charge in [-0.05, 0) is 40.8 Å². The van der Waals surface area contributed by atoms with Crippen LogP contribution < -0.4 is 15.2 Å². The number of fused-ring (bicyclic) bond motifs is 1. The van der Waals surface area contributed by atoms with Crippen molar-refractivity contribution in [3.05, 3.63) is 98.7 Å². The maximum absolute atomic E-state index is 13.8. The maximum atomic E-state index is 13.8. The van der Waals surface area contributed by atoms with Gasteiger partial charge in [-0.1, -0.05) is 48.0 Å². The van der Waals surface area contributed by atoms with E-state index >= 15 is 0 Å². The van der Waals surface area contributed by atoms with E-state index in [-0.39, 0.29) is 17.4 Å². The summed E-state index contributed by atoms with van der Waals surface area (Å²) in [5.74, 6) is 0.215. The monoisotopic (exact) mass is 568 g/mol. The van der Waals surface area contributed by atoms with Gasteiger partial charge in [-0.2, -0.15) is 14.1 Å². The summed E-state index contributed by atoms with van der Waals surface area (Å²) in [6, 6.07) is 18.5. The van der Waals surface area contributed by atoms with Crippen LogP contribution in [-0.2, 0) is 22.9 Å². The number of nitrogens with zero attached hydrogens (tertiary/aromatic N) is 4. The first-order valence-corrected chi connectivity index (χ1v) is 15.0. The van der Waals surface area contributed by atoms with Gasteiger partial charge in [0.1, 0.15) is 16.0 Å². The molecular weight excluding hydrogens is 544 g/mol. The molecule has 6 rings (SSSR count). The summed E-state index contributed by atoms with van der Waals surface area (Å²) < 4.78 is 35.6. The Morgan fingerprint density at radius 3 is 2.34 bits per heavy atom. The first kappa shape index (κ1) is 25.1. The Kier molecular flexibility index (Phi) is 6.73. The van der Waals surface area contributed by atoms with Crippen molar-refractivity contribution in [2.24, 2.45) is 0 Å². The van der Waals surface area contributed by atoms with E-state index in [1.54, 1.807) is 48.0 Å². The summed E-state index contributed by atoms with van der Waals surface area (Å²) >= 11 is 7.39. The lowest BCUT2D eigenvalue weighted by Gasteiger charge is -2.35. The second-order valence-corrected chi connectivity index (χ2v) is 12.8. The number of anilines is 1. The van der Waals surface area contributed by atoms with Gasteiger partial charge in [0.25, 0.3) is 10.0 Å². The van der Waals surface area contributed by atoms with Crippen molar-refractivity contribution in [1.82, 2.24) is 14.1 Å². The summed E-state index contributed by atoms with van der Waals surface area (Å²) in [5, 5.41) is 6.70. The largest absolute Gasteiger partial charge is 0.482 e. The standard InChI is InChI=1S/C27H25ClN4O4S2/c28-21-7-3-8-22(17-21)32-27(33)26(36-23-15-19-5-1-2-6-20(19)16-23)24(18-29-32)30-10-12-31(13-11-30)38(34,35)25-9-4-14-37-25/h1-9,14,17-18,23H,10-13,15-16H2. The van der Waals surface area contributed by atoms with E-state index in [4.69, 9.17) is 16.3 Å². The van der Waals surface area contributed by atoms with Crippen LogP contribution in [0.25, 0.3) is 5.69 Å². The number of aromatic nitrogens is 2. The molecule has 0 unspecified atom stereocenters. The maximum Gasteiger partial charge on any atom is 0.316 e. The van der Waals surface area contributed by atoms with E-state index in [9.17, 15) is 13.2 Å². The molecular formula is C27H25ClN4O4S2. The van der Waals surface area contributed by atoms with Crippen molar-refractivity contribution in [3.8, 4) is 11.4 Å². The van der Waals surface area contributed by atoms with Crippen LogP contribution in [0.4, 0.5) is 5.69 Å². The van der Waals surface area contributed by atoms with Crippen LogP contribution in [0.15, 0.2) is 81.2 Å². The molecule has 0 radical (unpaired) electrons. The minimum Gasteiger partial charge on any atom is -0.482 e. The Hall–Kier alpha value is -3.18. The number of piperazine rings is 1. The molecule has 0 bridgehead atoms. The Morgan fingerprint density at radius 2 is 1.68 bits per heavy atom. The minimum atomic E-state index is -3.54. The van der Waals surface area contributed by atoms with Gasteiger partial charge in [0.15, 0.2) is 0 Å². The lowest BCUT2D eigenvalue weighted by molar-refractivity contribution is 0.209. The highest BCUT2D eigenvalue weighted by Crippen LogP contribution is 2.31. The smallest absolute Gasteiger partial charge is 0.316 e. The van der Waals surface area contributed by atoms with Gasteiger partial charge in [0.2, 0.25) is 5.75 Å². The van der Waals surface area contributed by atoms with Crippen molar-refractivity contribution in [2.75, 3.05) is 31.1 Å². The second-order valence-electron chi connectivity index (χ2n) is 9.30. The third kappa shape index (κ3) is 4.73. The number of sulfonamides is 1. The van der Waals surface area contributed by atoms with Crippen molar-refractivity contribution in [3.63, 3.8) is 0 Å². The molecule has 4 aromatic rings. The fourth-order valence-corrected chi connectivity index (χ4v) is 7.78. The second kappa shape index (κ2) is 10.2. The molecule has 0 amide bonds. The number of halogens is 1. The molecule has 3 heterocycles. The lowest BCUT2D eigenvalue weighted by atomic mass is 10.1. The molecule has 8 nitrogen and oxygen atoms in total. The predicted molar refractivity (Wildman–Crippen MR) is 148 cm³/mol. The summed E-state index contributed by atoms with van der Waals surface area (Å²) in [6.45, 7) is 1.42. The van der Waals surface area contributed by atoms with Crippen LogP contribution in [0.3, 0.4) is 0 Å². The molecule has 38 heavy (non-hydrogen) atoms. The van der Waals surface area contributed by atoms with E-state index in [1.165, 1.54) is 31.5 Å². The molecule has 0 saturated carbocycles. The zero-order valence-corrected chi connectivity index (χ0v) is 22.8. The molecule has 2 aliphatic rings. The zero-order chi connectivity index (χ0) is 26.3. The fourth-order valence-electron chi connectivity index (χ4n) is 5.03. The van der Waals surface area contributed by atoms with Crippen LogP contribution in [0, 0.1) is 0 Å². The molecule has 196 valence electrons. The third-order valence-corrected chi connectivity index (χ3v) is 10.4. The highest BCUT2D eigenvalue weighted by atomic mass is 35.5. The Morgan fingerprint density at radius 1 is 0.947 bits per heavy atom. The molecule has 0 N–H and O–H groups in total. The molecule has 1 saturated heterocycles. The van der Waals surface area contributed by atoms with Gasteiger partial charge in [-0.3, -0.25) is 4.79 Å². The predicted octanol–water partition coefficient (Wildman–Crippen LogP) is 4.00. The van der Waals surface area contributed by atoms with Crippen molar-refractivity contribution in [2.45, 2.75) is 23.2 Å². The molecule has 11 heteroatoms. The Labute approximate surface area is 229 Å². The zero-order valence-electron chi connectivity index (χ0n) is 20.4. The highest BCUT2D eigenvalue weighted by Gasteiger charge is 2.32. The molecule has 1 aliphatic heterocycles. The van der Waals surface area contributed by atoms with Crippen LogP contribution in [-0.4, -0.2) is 54.8 Å². The topological polar surface area (TPSA) is 84.7 Å². The van der Waals surface area contributed by atoms with E-state index in [1.807, 2.05) is 17.0 Å². The number of rotatable bonds is 6. The van der Waals surface area contributed by atoms with Gasteiger partial charge in [0, 0.05) is 44.0 Å². The van der Waals surface area contributed by atoms with Crippen LogP contribution in [0.5, 0.6) is 5.75 Å². The summed E-state index contributed by atoms with van der Waals surface area (Å²) in [4.78, 5) is 15.8. The highest BCUT2D eigenvalue weighted by molar-refractivity contribution is 7.91. The average molecular weight is 569 g/mol. The Bertz CT molecular complexity index is 1610. The Balaban J connectivity index is 1.31. The van der Waals surface area contributed by atoms with Crippen molar-refractivity contribution < 1.29 is 13.2 Å². The fraction of sp³-hybridized carbons (Fsp3) is 0.259. The van der Waals surface area contributed by atoms with Crippen LogP contribution in [0.2, 0.25) is 5.02 Å². The molecule has 1 aliphatic carbocycles. The summed E-state index contributed by atoms with van der Waals surface area (Å²) in [5.41, 5.74) is 3.17. The summed E-state index contributed by atoms with van der Waals surface area (Å²) in [6.07, 6.45) is 2.86. The molecule has 0 atom stereocenters. The first-order chi connectivity index (χ1) is 18.4. The first-order valence-electron chi connectivity index (χ1n) is 12.3. The van der Waals surface area contributed by atoms with E-state index in [0.29, 0.717) is 59.6 Å². The van der Waals surface area contributed by atoms with Gasteiger partial charge in [-0.15, -0.1) is 11.3 Å². The summed E-state index contributed by atoms with van der Waals surface area (Å²) in [7, 11) is -3.54. The molecule has 2 aromatic heterocycles. The lowest BCUT2D eigenvalue weighted by Crippen LogP contribution is -2.49. The van der Waals surface area contributed by atoms with Gasteiger partial charge in [0.05, 0.1) is 11.9 Å². The number of ether oxygens (including phenoxy) is 1. The van der Waals surface area contributed by atoms with Crippen LogP contribution >= 0.6 is 22.9 Å². The third-order valence-electron chi connectivity index (χ3n) is 6.93. The van der Waals surface area contributed by atoms with E-state index in [2.05, 4.69) is 17.2 Å². The van der Waals surface area contributed by atoms with Crippen molar-refractivity contribution in [1.29, 1.82) is 0 Å². The van der Waals surface area contributed by atoms with Crippen molar-refractivity contribution >= 4 is 38.6 Å². The normalized spacial score (nSPS) is 16.5. The quantitative estimate of drug-likeness (QED) is 0.349. The number of hydrogen-bond donors (Lipinski definition) is 0. The molecule has 1 fully saturated rings.